The standard InChI is InChI=1S/C24H36N8O7/c1-14(2)18(21(35)28-17(13-33)7-6-12-27-22(26)31-32(37)38)29-20(34)16-10-8-15(9-11-16)19(25)30-23(36)39-24(3,4)5/h8-11,13-14,17-18H,6-7,12H2,1-5H3,(H,28,35)(H,29,34)(H2,25,30,36)(H3,26,27,31). The van der Waals surface area contributed by atoms with Gasteiger partial charge in [0.25, 0.3) is 11.9 Å². The normalized spacial score (nSPS) is 13.7. The number of carbonyl (C=O) groups excluding carboxylic acids is 4. The van der Waals surface area contributed by atoms with Crippen molar-refractivity contribution >= 4 is 36.0 Å². The van der Waals surface area contributed by atoms with Crippen molar-refractivity contribution in [2.24, 2.45) is 27.4 Å². The first-order valence-corrected chi connectivity index (χ1v) is 12.1. The average molecular weight is 549 g/mol. The summed E-state index contributed by atoms with van der Waals surface area (Å²) in [6.07, 6.45) is 0.234. The number of nitrogens with two attached hydrogens (primary N) is 2. The van der Waals surface area contributed by atoms with Gasteiger partial charge in [0, 0.05) is 17.7 Å². The number of nitro groups is 1. The van der Waals surface area contributed by atoms with Crippen molar-refractivity contribution in [2.45, 2.75) is 65.1 Å². The molecule has 0 aromatic heterocycles. The quantitative estimate of drug-likeness (QED) is 0.0610. The summed E-state index contributed by atoms with van der Waals surface area (Å²) in [4.78, 5) is 66.7. The number of guanidine groups is 1. The number of hydrogen-bond acceptors (Lipinski definition) is 8. The highest BCUT2D eigenvalue weighted by molar-refractivity contribution is 6.04. The molecule has 2 unspecified atom stereocenters. The van der Waals surface area contributed by atoms with Gasteiger partial charge in [-0.3, -0.25) is 9.59 Å². The van der Waals surface area contributed by atoms with Gasteiger partial charge in [-0.2, -0.15) is 4.99 Å². The molecule has 0 spiro atoms. The van der Waals surface area contributed by atoms with Gasteiger partial charge in [0.2, 0.25) is 5.91 Å². The molecule has 1 aromatic carbocycles. The van der Waals surface area contributed by atoms with Crippen LogP contribution in [-0.4, -0.2) is 65.3 Å². The van der Waals surface area contributed by atoms with E-state index in [4.69, 9.17) is 16.2 Å². The minimum Gasteiger partial charge on any atom is -0.442 e. The zero-order valence-electron chi connectivity index (χ0n) is 22.6. The molecule has 15 nitrogen and oxygen atoms in total. The Morgan fingerprint density at radius 2 is 1.69 bits per heavy atom. The second kappa shape index (κ2) is 15.0. The number of carbonyl (C=O) groups is 4. The first-order chi connectivity index (χ1) is 18.1. The van der Waals surface area contributed by atoms with Crippen molar-refractivity contribution in [1.29, 1.82) is 0 Å². The lowest BCUT2D eigenvalue weighted by molar-refractivity contribution is -0.525. The van der Waals surface area contributed by atoms with Gasteiger partial charge in [-0.25, -0.2) is 19.9 Å². The van der Waals surface area contributed by atoms with Gasteiger partial charge in [-0.1, -0.05) is 31.4 Å². The van der Waals surface area contributed by atoms with Gasteiger partial charge >= 0.3 is 6.09 Å². The number of hydrazine groups is 1. The van der Waals surface area contributed by atoms with Crippen LogP contribution in [0.25, 0.3) is 0 Å². The SMILES string of the molecule is CC(C)C(NC(=O)c1ccc(/C(N)=N/C(=O)OC(C)(C)C)cc1)C(=O)NC(C=O)CCCN=C(N)N[N+](=O)[O-]. The lowest BCUT2D eigenvalue weighted by Gasteiger charge is -2.23. The molecule has 7 N–H and O–H groups in total. The van der Waals surface area contributed by atoms with Gasteiger partial charge < -0.3 is 31.6 Å². The Morgan fingerprint density at radius 1 is 1.10 bits per heavy atom. The third-order valence-electron chi connectivity index (χ3n) is 4.94. The Bertz CT molecular complexity index is 1090. The third-order valence-corrected chi connectivity index (χ3v) is 4.94. The summed E-state index contributed by atoms with van der Waals surface area (Å²) < 4.78 is 5.10. The van der Waals surface area contributed by atoms with Crippen molar-refractivity contribution in [2.75, 3.05) is 6.54 Å². The van der Waals surface area contributed by atoms with Crippen LogP contribution in [0.3, 0.4) is 0 Å². The fourth-order valence-electron chi connectivity index (χ4n) is 3.09. The first kappa shape index (κ1) is 32.5. The topological polar surface area (TPSA) is 234 Å². The molecule has 39 heavy (non-hydrogen) atoms. The number of amidine groups is 1. The van der Waals surface area contributed by atoms with Gasteiger partial charge in [-0.15, -0.1) is 0 Å². The zero-order valence-corrected chi connectivity index (χ0v) is 22.6. The van der Waals surface area contributed by atoms with E-state index in [1.54, 1.807) is 40.0 Å². The molecule has 0 aliphatic rings. The van der Waals surface area contributed by atoms with E-state index in [1.807, 2.05) is 0 Å². The van der Waals surface area contributed by atoms with Gasteiger partial charge in [0.1, 0.15) is 23.8 Å². The third kappa shape index (κ3) is 12.5. The van der Waals surface area contributed by atoms with Crippen LogP contribution in [0, 0.1) is 16.0 Å². The Kier molecular flexibility index (Phi) is 12.5. The summed E-state index contributed by atoms with van der Waals surface area (Å²) in [5.41, 5.74) is 12.8. The smallest absolute Gasteiger partial charge is 0.436 e. The fourth-order valence-corrected chi connectivity index (χ4v) is 3.09. The van der Waals surface area contributed by atoms with E-state index in [9.17, 15) is 29.3 Å². The minimum atomic E-state index is -0.948. The van der Waals surface area contributed by atoms with Crippen LogP contribution in [0.5, 0.6) is 0 Å². The molecule has 0 aliphatic heterocycles. The summed E-state index contributed by atoms with van der Waals surface area (Å²) in [6, 6.07) is 4.12. The Labute approximate surface area is 226 Å². The highest BCUT2D eigenvalue weighted by Gasteiger charge is 2.26. The van der Waals surface area contributed by atoms with Crippen LogP contribution in [0.4, 0.5) is 4.79 Å². The molecule has 0 aliphatic carbocycles. The summed E-state index contributed by atoms with van der Waals surface area (Å²) >= 11 is 0. The van der Waals surface area contributed by atoms with Crippen LogP contribution >= 0.6 is 0 Å². The molecular weight excluding hydrogens is 512 g/mol. The zero-order chi connectivity index (χ0) is 29.8. The summed E-state index contributed by atoms with van der Waals surface area (Å²) in [5, 5.41) is 14.7. The van der Waals surface area contributed by atoms with Crippen LogP contribution in [-0.2, 0) is 14.3 Å². The first-order valence-electron chi connectivity index (χ1n) is 12.1. The van der Waals surface area contributed by atoms with Crippen LogP contribution in [0.15, 0.2) is 34.3 Å². The second-order valence-corrected chi connectivity index (χ2v) is 9.78. The maximum absolute atomic E-state index is 12.8. The molecule has 1 aromatic rings. The Morgan fingerprint density at radius 3 is 2.21 bits per heavy atom. The molecular formula is C24H36N8O7. The highest BCUT2D eigenvalue weighted by Crippen LogP contribution is 2.11. The Hall–Kier alpha value is -4.56. The van der Waals surface area contributed by atoms with E-state index in [2.05, 4.69) is 20.6 Å². The van der Waals surface area contributed by atoms with E-state index in [-0.39, 0.29) is 36.2 Å². The monoisotopic (exact) mass is 548 g/mol. The van der Waals surface area contributed by atoms with Gasteiger partial charge in [-0.05, 0) is 51.7 Å². The molecule has 15 heteroatoms. The van der Waals surface area contributed by atoms with Crippen molar-refractivity contribution in [3.8, 4) is 0 Å². The van der Waals surface area contributed by atoms with Gasteiger partial charge in [0.05, 0.1) is 6.04 Å². The fraction of sp³-hybridized carbons (Fsp3) is 0.500. The molecule has 214 valence electrons. The van der Waals surface area contributed by atoms with E-state index in [1.165, 1.54) is 24.3 Å². The number of rotatable bonds is 12. The molecule has 0 radical (unpaired) electrons. The summed E-state index contributed by atoms with van der Waals surface area (Å²) in [7, 11) is 0. The lowest BCUT2D eigenvalue weighted by Crippen LogP contribution is -2.52. The maximum Gasteiger partial charge on any atom is 0.436 e. The van der Waals surface area contributed by atoms with Crippen molar-refractivity contribution < 1.29 is 28.9 Å². The van der Waals surface area contributed by atoms with Crippen molar-refractivity contribution in [3.63, 3.8) is 0 Å². The second-order valence-electron chi connectivity index (χ2n) is 9.78. The minimum absolute atomic E-state index is 0.0852. The van der Waals surface area contributed by atoms with E-state index in [0.29, 0.717) is 18.3 Å². The summed E-state index contributed by atoms with van der Waals surface area (Å²) in [5.74, 6) is -1.87. The number of hydrogen-bond donors (Lipinski definition) is 5. The molecule has 0 bridgehead atoms. The molecule has 0 saturated carbocycles. The number of benzene rings is 1. The number of nitrogens with zero attached hydrogens (tertiary/aromatic N) is 3. The molecule has 3 amide bonds. The Balaban J connectivity index is 2.78. The van der Waals surface area contributed by atoms with E-state index < -0.39 is 40.6 Å². The molecule has 0 heterocycles. The van der Waals surface area contributed by atoms with E-state index >= 15 is 0 Å². The molecule has 2 atom stereocenters. The molecule has 0 saturated heterocycles. The van der Waals surface area contributed by atoms with Crippen molar-refractivity contribution in [1.82, 2.24) is 16.1 Å². The molecule has 0 fully saturated rings. The summed E-state index contributed by atoms with van der Waals surface area (Å²) in [6.45, 7) is 8.65. The van der Waals surface area contributed by atoms with Crippen LogP contribution in [0.2, 0.25) is 0 Å². The van der Waals surface area contributed by atoms with Crippen molar-refractivity contribution in [3.05, 3.63) is 45.5 Å². The maximum atomic E-state index is 12.8. The molecule has 1 rings (SSSR count). The number of ether oxygens (including phenoxy) is 1. The van der Waals surface area contributed by atoms with Crippen LogP contribution < -0.4 is 27.5 Å². The average Bonchev–Trinajstić information content (AvgIpc) is 2.82. The highest BCUT2D eigenvalue weighted by atomic mass is 16.7. The van der Waals surface area contributed by atoms with Gasteiger partial charge in [0.15, 0.2) is 5.03 Å². The van der Waals surface area contributed by atoms with Crippen LogP contribution in [0.1, 0.15) is 63.4 Å². The number of nitrogens with one attached hydrogen (secondary N) is 3. The largest absolute Gasteiger partial charge is 0.442 e. The number of aliphatic imine (C=N–C) groups is 2. The predicted octanol–water partition coefficient (Wildman–Crippen LogP) is 0.641. The van der Waals surface area contributed by atoms with E-state index in [0.717, 1.165) is 0 Å². The lowest BCUT2D eigenvalue weighted by atomic mass is 10.0. The number of amides is 3. The predicted molar refractivity (Wildman–Crippen MR) is 143 cm³/mol. The number of aldehydes is 1.